The standard InChI is InChI=1S/C14H16N4O2/c15-6-8-20-12-3-1-10(2-4-12)18-11-5-7-17-13(9-11)14(16)19/h1-5,7,9H,6,8,15H2,(H2,16,19)(H,17,18). The molecule has 20 heavy (non-hydrogen) atoms. The number of nitrogens with zero attached hydrogens (tertiary/aromatic N) is 1. The summed E-state index contributed by atoms with van der Waals surface area (Å²) in [7, 11) is 0. The van der Waals surface area contributed by atoms with Gasteiger partial charge < -0.3 is 21.5 Å². The van der Waals surface area contributed by atoms with Crippen molar-refractivity contribution in [3.63, 3.8) is 0 Å². The maximum atomic E-state index is 11.1. The minimum absolute atomic E-state index is 0.220. The Morgan fingerprint density at radius 3 is 2.60 bits per heavy atom. The smallest absolute Gasteiger partial charge is 0.267 e. The second kappa shape index (κ2) is 6.53. The van der Waals surface area contributed by atoms with Gasteiger partial charge in [-0.15, -0.1) is 0 Å². The number of nitrogens with two attached hydrogens (primary N) is 2. The van der Waals surface area contributed by atoms with Crippen LogP contribution in [0.25, 0.3) is 0 Å². The van der Waals surface area contributed by atoms with Crippen LogP contribution in [0.5, 0.6) is 5.75 Å². The molecule has 0 saturated carbocycles. The number of rotatable bonds is 6. The van der Waals surface area contributed by atoms with Crippen molar-refractivity contribution in [3.8, 4) is 5.75 Å². The summed E-state index contributed by atoms with van der Waals surface area (Å²) in [4.78, 5) is 14.9. The molecule has 1 aromatic carbocycles. The molecule has 0 spiro atoms. The lowest BCUT2D eigenvalue weighted by molar-refractivity contribution is 0.0995. The summed E-state index contributed by atoms with van der Waals surface area (Å²) >= 11 is 0. The maximum absolute atomic E-state index is 11.1. The Balaban J connectivity index is 2.06. The van der Waals surface area contributed by atoms with Gasteiger partial charge in [0.05, 0.1) is 0 Å². The van der Waals surface area contributed by atoms with E-state index in [4.69, 9.17) is 16.2 Å². The first-order valence-corrected chi connectivity index (χ1v) is 6.15. The summed E-state index contributed by atoms with van der Waals surface area (Å²) in [6, 6.07) is 10.8. The fraction of sp³-hybridized carbons (Fsp3) is 0.143. The number of anilines is 2. The molecule has 0 aliphatic rings. The SMILES string of the molecule is NCCOc1ccc(Nc2ccnc(C(N)=O)c2)cc1. The van der Waals surface area contributed by atoms with E-state index in [0.717, 1.165) is 17.1 Å². The molecule has 1 heterocycles. The molecule has 104 valence electrons. The zero-order valence-corrected chi connectivity index (χ0v) is 10.9. The molecule has 0 unspecified atom stereocenters. The van der Waals surface area contributed by atoms with E-state index < -0.39 is 5.91 Å². The van der Waals surface area contributed by atoms with E-state index in [9.17, 15) is 4.79 Å². The van der Waals surface area contributed by atoms with Gasteiger partial charge >= 0.3 is 0 Å². The molecule has 6 nitrogen and oxygen atoms in total. The average Bonchev–Trinajstić information content (AvgIpc) is 2.47. The number of benzene rings is 1. The predicted octanol–water partition coefficient (Wildman–Crippen LogP) is 1.26. The van der Waals surface area contributed by atoms with E-state index in [2.05, 4.69) is 10.3 Å². The first-order valence-electron chi connectivity index (χ1n) is 6.15. The summed E-state index contributed by atoms with van der Waals surface area (Å²) in [6.45, 7) is 0.964. The lowest BCUT2D eigenvalue weighted by Gasteiger charge is -2.09. The molecule has 0 aliphatic heterocycles. The second-order valence-electron chi connectivity index (χ2n) is 4.08. The molecule has 2 rings (SSSR count). The fourth-order valence-electron chi connectivity index (χ4n) is 1.62. The van der Waals surface area contributed by atoms with Crippen molar-refractivity contribution in [2.24, 2.45) is 11.5 Å². The first-order chi connectivity index (χ1) is 9.69. The second-order valence-corrected chi connectivity index (χ2v) is 4.08. The minimum Gasteiger partial charge on any atom is -0.492 e. The van der Waals surface area contributed by atoms with Crippen molar-refractivity contribution in [1.29, 1.82) is 0 Å². The van der Waals surface area contributed by atoms with Gasteiger partial charge in [-0.3, -0.25) is 9.78 Å². The van der Waals surface area contributed by atoms with Crippen molar-refractivity contribution in [2.45, 2.75) is 0 Å². The summed E-state index contributed by atoms with van der Waals surface area (Å²) in [6.07, 6.45) is 1.53. The summed E-state index contributed by atoms with van der Waals surface area (Å²) < 4.78 is 5.39. The van der Waals surface area contributed by atoms with Crippen molar-refractivity contribution < 1.29 is 9.53 Å². The lowest BCUT2D eigenvalue weighted by Crippen LogP contribution is -2.13. The van der Waals surface area contributed by atoms with Crippen molar-refractivity contribution in [1.82, 2.24) is 4.98 Å². The van der Waals surface area contributed by atoms with Crippen molar-refractivity contribution in [2.75, 3.05) is 18.5 Å². The highest BCUT2D eigenvalue weighted by Gasteiger charge is 2.03. The third-order valence-corrected chi connectivity index (χ3v) is 2.54. The number of nitrogens with one attached hydrogen (secondary N) is 1. The number of ether oxygens (including phenoxy) is 1. The quantitative estimate of drug-likeness (QED) is 0.734. The molecule has 6 heteroatoms. The van der Waals surface area contributed by atoms with Gasteiger partial charge in [0.1, 0.15) is 18.1 Å². The third kappa shape index (κ3) is 3.69. The highest BCUT2D eigenvalue weighted by atomic mass is 16.5. The van der Waals surface area contributed by atoms with E-state index in [1.165, 1.54) is 6.20 Å². The highest BCUT2D eigenvalue weighted by molar-refractivity contribution is 5.91. The topological polar surface area (TPSA) is 103 Å². The Morgan fingerprint density at radius 1 is 1.20 bits per heavy atom. The van der Waals surface area contributed by atoms with E-state index in [1.54, 1.807) is 12.1 Å². The van der Waals surface area contributed by atoms with Crippen LogP contribution in [0.2, 0.25) is 0 Å². The van der Waals surface area contributed by atoms with Crippen LogP contribution in [0, 0.1) is 0 Å². The molecule has 0 atom stereocenters. The molecule has 1 aromatic heterocycles. The molecule has 1 amide bonds. The molecule has 0 bridgehead atoms. The number of carbonyl (C=O) groups excluding carboxylic acids is 1. The van der Waals surface area contributed by atoms with Gasteiger partial charge in [-0.2, -0.15) is 0 Å². The fourth-order valence-corrected chi connectivity index (χ4v) is 1.62. The van der Waals surface area contributed by atoms with Crippen LogP contribution in [-0.4, -0.2) is 24.0 Å². The molecule has 5 N–H and O–H groups in total. The monoisotopic (exact) mass is 272 g/mol. The highest BCUT2D eigenvalue weighted by Crippen LogP contribution is 2.20. The van der Waals surface area contributed by atoms with Gasteiger partial charge in [-0.25, -0.2) is 0 Å². The third-order valence-electron chi connectivity index (χ3n) is 2.54. The Hall–Kier alpha value is -2.60. The number of amides is 1. The summed E-state index contributed by atoms with van der Waals surface area (Å²) in [5.74, 6) is 0.202. The lowest BCUT2D eigenvalue weighted by atomic mass is 10.2. The van der Waals surface area contributed by atoms with Gasteiger partial charge in [0, 0.05) is 24.1 Å². The van der Waals surface area contributed by atoms with E-state index in [-0.39, 0.29) is 5.69 Å². The molecule has 2 aromatic rings. The number of primary amides is 1. The first kappa shape index (κ1) is 13.8. The van der Waals surface area contributed by atoms with E-state index >= 15 is 0 Å². The molecule has 0 radical (unpaired) electrons. The van der Waals surface area contributed by atoms with Crippen LogP contribution in [0.1, 0.15) is 10.5 Å². The van der Waals surface area contributed by atoms with E-state index in [0.29, 0.717) is 13.2 Å². The number of carbonyl (C=O) groups is 1. The maximum Gasteiger partial charge on any atom is 0.267 e. The number of aromatic nitrogens is 1. The van der Waals surface area contributed by atoms with Gasteiger partial charge in [0.15, 0.2) is 0 Å². The Bertz CT molecular complexity index is 584. The van der Waals surface area contributed by atoms with Gasteiger partial charge in [-0.1, -0.05) is 0 Å². The van der Waals surface area contributed by atoms with Gasteiger partial charge in [0.25, 0.3) is 5.91 Å². The molecular formula is C14H16N4O2. The van der Waals surface area contributed by atoms with Gasteiger partial charge in [-0.05, 0) is 36.4 Å². The Morgan fingerprint density at radius 2 is 1.95 bits per heavy atom. The van der Waals surface area contributed by atoms with Crippen LogP contribution < -0.4 is 21.5 Å². The molecule has 0 fully saturated rings. The van der Waals surface area contributed by atoms with Crippen LogP contribution in [0.4, 0.5) is 11.4 Å². The minimum atomic E-state index is -0.556. The van der Waals surface area contributed by atoms with Crippen molar-refractivity contribution in [3.05, 3.63) is 48.3 Å². The Labute approximate surface area is 116 Å². The predicted molar refractivity (Wildman–Crippen MR) is 77.0 cm³/mol. The normalized spacial score (nSPS) is 10.1. The zero-order chi connectivity index (χ0) is 14.4. The molecule has 0 saturated heterocycles. The summed E-state index contributed by atoms with van der Waals surface area (Å²) in [5.41, 5.74) is 12.4. The van der Waals surface area contributed by atoms with Crippen molar-refractivity contribution >= 4 is 17.3 Å². The van der Waals surface area contributed by atoms with Crippen LogP contribution in [-0.2, 0) is 0 Å². The number of pyridine rings is 1. The number of hydrogen-bond donors (Lipinski definition) is 3. The van der Waals surface area contributed by atoms with Crippen LogP contribution in [0.3, 0.4) is 0 Å². The van der Waals surface area contributed by atoms with Crippen LogP contribution in [0.15, 0.2) is 42.6 Å². The average molecular weight is 272 g/mol. The zero-order valence-electron chi connectivity index (χ0n) is 10.9. The molecule has 0 aliphatic carbocycles. The van der Waals surface area contributed by atoms with Gasteiger partial charge in [0.2, 0.25) is 0 Å². The Kier molecular flexibility index (Phi) is 4.52. The van der Waals surface area contributed by atoms with Crippen LogP contribution >= 0.6 is 0 Å². The molecular weight excluding hydrogens is 256 g/mol. The summed E-state index contributed by atoms with van der Waals surface area (Å²) in [5, 5.41) is 3.15. The number of hydrogen-bond acceptors (Lipinski definition) is 5. The largest absolute Gasteiger partial charge is 0.492 e. The van der Waals surface area contributed by atoms with E-state index in [1.807, 2.05) is 24.3 Å².